The van der Waals surface area contributed by atoms with Gasteiger partial charge in [0.2, 0.25) is 0 Å². The standard InChI is InChI=1S/C19H32N2/c1-6-12-18(21(7-2)8-3)19(20,15-16(4)5)17-13-10-9-11-14-17/h9-11,13-14,18H,4,6-8,12,15,20H2,1-3,5H3. The van der Waals surface area contributed by atoms with E-state index in [4.69, 9.17) is 5.73 Å². The minimum Gasteiger partial charge on any atom is -0.320 e. The monoisotopic (exact) mass is 288 g/mol. The molecule has 1 aromatic rings. The molecule has 0 amide bonds. The SMILES string of the molecule is C=C(C)CC(N)(c1ccccc1)C(CCC)N(CC)CC. The van der Waals surface area contributed by atoms with Gasteiger partial charge in [-0.05, 0) is 38.4 Å². The van der Waals surface area contributed by atoms with Gasteiger partial charge < -0.3 is 5.73 Å². The van der Waals surface area contributed by atoms with Crippen molar-refractivity contribution in [3.05, 3.63) is 48.0 Å². The Bertz CT molecular complexity index is 422. The van der Waals surface area contributed by atoms with Gasteiger partial charge in [-0.2, -0.15) is 0 Å². The summed E-state index contributed by atoms with van der Waals surface area (Å²) in [5.74, 6) is 0. The Hall–Kier alpha value is -1.12. The van der Waals surface area contributed by atoms with E-state index in [2.05, 4.69) is 69.5 Å². The molecule has 0 aromatic heterocycles. The molecule has 0 bridgehead atoms. The van der Waals surface area contributed by atoms with Crippen molar-refractivity contribution in [2.45, 2.75) is 58.5 Å². The zero-order chi connectivity index (χ0) is 15.9. The van der Waals surface area contributed by atoms with Crippen molar-refractivity contribution in [3.63, 3.8) is 0 Å². The Morgan fingerprint density at radius 2 is 1.76 bits per heavy atom. The van der Waals surface area contributed by atoms with E-state index in [-0.39, 0.29) is 5.54 Å². The fraction of sp³-hybridized carbons (Fsp3) is 0.579. The van der Waals surface area contributed by atoms with Crippen LogP contribution in [-0.2, 0) is 5.54 Å². The molecule has 0 saturated carbocycles. The number of hydrogen-bond acceptors (Lipinski definition) is 2. The Labute approximate surface area is 131 Å². The van der Waals surface area contributed by atoms with E-state index in [1.807, 2.05) is 0 Å². The van der Waals surface area contributed by atoms with Gasteiger partial charge in [-0.15, -0.1) is 6.58 Å². The Morgan fingerprint density at radius 3 is 2.19 bits per heavy atom. The van der Waals surface area contributed by atoms with Crippen molar-refractivity contribution in [2.24, 2.45) is 5.73 Å². The molecule has 0 radical (unpaired) electrons. The summed E-state index contributed by atoms with van der Waals surface area (Å²) >= 11 is 0. The largest absolute Gasteiger partial charge is 0.320 e. The molecular weight excluding hydrogens is 256 g/mol. The molecule has 2 N–H and O–H groups in total. The van der Waals surface area contributed by atoms with Crippen LogP contribution in [0, 0.1) is 0 Å². The van der Waals surface area contributed by atoms with Crippen LogP contribution in [0.1, 0.15) is 52.5 Å². The number of rotatable bonds is 9. The van der Waals surface area contributed by atoms with Crippen LogP contribution in [0.25, 0.3) is 0 Å². The molecular formula is C19H32N2. The average Bonchev–Trinajstić information content (AvgIpc) is 2.47. The summed E-state index contributed by atoms with van der Waals surface area (Å²) in [5.41, 5.74) is 9.00. The number of likely N-dealkylation sites (N-methyl/N-ethyl adjacent to an activating group) is 1. The molecule has 2 nitrogen and oxygen atoms in total. The highest BCUT2D eigenvalue weighted by atomic mass is 15.2. The molecule has 0 saturated heterocycles. The van der Waals surface area contributed by atoms with Crippen LogP contribution in [0.3, 0.4) is 0 Å². The van der Waals surface area contributed by atoms with E-state index in [0.29, 0.717) is 6.04 Å². The van der Waals surface area contributed by atoms with Gasteiger partial charge in [-0.3, -0.25) is 4.90 Å². The third kappa shape index (κ3) is 4.42. The molecule has 0 heterocycles. The molecule has 2 heteroatoms. The van der Waals surface area contributed by atoms with Crippen molar-refractivity contribution < 1.29 is 0 Å². The molecule has 1 aromatic carbocycles. The first-order chi connectivity index (χ1) is 9.99. The van der Waals surface area contributed by atoms with Gasteiger partial charge in [0.25, 0.3) is 0 Å². The lowest BCUT2D eigenvalue weighted by Crippen LogP contribution is -2.56. The van der Waals surface area contributed by atoms with E-state index in [1.165, 1.54) is 5.56 Å². The summed E-state index contributed by atoms with van der Waals surface area (Å²) in [7, 11) is 0. The summed E-state index contributed by atoms with van der Waals surface area (Å²) in [6.45, 7) is 14.9. The maximum Gasteiger partial charge on any atom is 0.0604 e. The summed E-state index contributed by atoms with van der Waals surface area (Å²) in [5, 5.41) is 0. The number of hydrogen-bond donors (Lipinski definition) is 1. The van der Waals surface area contributed by atoms with Gasteiger partial charge in [0.15, 0.2) is 0 Å². The third-order valence-corrected chi connectivity index (χ3v) is 4.32. The van der Waals surface area contributed by atoms with Gasteiger partial charge in [0, 0.05) is 6.04 Å². The molecule has 2 unspecified atom stereocenters. The summed E-state index contributed by atoms with van der Waals surface area (Å²) < 4.78 is 0. The topological polar surface area (TPSA) is 29.3 Å². The highest BCUT2D eigenvalue weighted by Crippen LogP contribution is 2.34. The zero-order valence-electron chi connectivity index (χ0n) is 14.2. The minimum absolute atomic E-state index is 0.344. The molecule has 1 rings (SSSR count). The molecule has 2 atom stereocenters. The molecule has 118 valence electrons. The fourth-order valence-corrected chi connectivity index (χ4v) is 3.36. The first kappa shape index (κ1) is 17.9. The quantitative estimate of drug-likeness (QED) is 0.686. The number of nitrogens with zero attached hydrogens (tertiary/aromatic N) is 1. The van der Waals surface area contributed by atoms with Gasteiger partial charge in [-0.1, -0.05) is 63.1 Å². The maximum atomic E-state index is 7.00. The van der Waals surface area contributed by atoms with Crippen LogP contribution in [0.15, 0.2) is 42.5 Å². The van der Waals surface area contributed by atoms with E-state index in [0.717, 1.165) is 37.9 Å². The normalized spacial score (nSPS) is 15.7. The smallest absolute Gasteiger partial charge is 0.0604 e. The second-order valence-electron chi connectivity index (χ2n) is 6.07. The lowest BCUT2D eigenvalue weighted by Gasteiger charge is -2.44. The highest BCUT2D eigenvalue weighted by molar-refractivity contribution is 5.28. The predicted molar refractivity (Wildman–Crippen MR) is 93.4 cm³/mol. The highest BCUT2D eigenvalue weighted by Gasteiger charge is 2.38. The first-order valence-corrected chi connectivity index (χ1v) is 8.22. The fourth-order valence-electron chi connectivity index (χ4n) is 3.36. The van der Waals surface area contributed by atoms with Gasteiger partial charge in [0.05, 0.1) is 5.54 Å². The molecule has 21 heavy (non-hydrogen) atoms. The zero-order valence-corrected chi connectivity index (χ0v) is 14.2. The van der Waals surface area contributed by atoms with E-state index in [1.54, 1.807) is 0 Å². The predicted octanol–water partition coefficient (Wildman–Crippen LogP) is 4.32. The third-order valence-electron chi connectivity index (χ3n) is 4.32. The van der Waals surface area contributed by atoms with Crippen LogP contribution >= 0.6 is 0 Å². The summed E-state index contributed by atoms with van der Waals surface area (Å²) in [4.78, 5) is 2.50. The Kier molecular flexibility index (Phi) is 7.13. The molecule has 0 spiro atoms. The van der Waals surface area contributed by atoms with E-state index >= 15 is 0 Å². The molecule has 0 aliphatic rings. The van der Waals surface area contributed by atoms with Crippen molar-refractivity contribution >= 4 is 0 Å². The number of nitrogens with two attached hydrogens (primary N) is 1. The average molecular weight is 288 g/mol. The van der Waals surface area contributed by atoms with Crippen LogP contribution in [0.5, 0.6) is 0 Å². The van der Waals surface area contributed by atoms with Gasteiger partial charge >= 0.3 is 0 Å². The minimum atomic E-state index is -0.366. The Balaban J connectivity index is 3.28. The van der Waals surface area contributed by atoms with Crippen LogP contribution in [0.4, 0.5) is 0 Å². The first-order valence-electron chi connectivity index (χ1n) is 8.22. The molecule has 0 aliphatic heterocycles. The lowest BCUT2D eigenvalue weighted by molar-refractivity contribution is 0.118. The maximum absolute atomic E-state index is 7.00. The van der Waals surface area contributed by atoms with E-state index in [9.17, 15) is 0 Å². The van der Waals surface area contributed by atoms with E-state index < -0.39 is 0 Å². The second-order valence-corrected chi connectivity index (χ2v) is 6.07. The molecule has 0 aliphatic carbocycles. The van der Waals surface area contributed by atoms with Crippen molar-refractivity contribution in [3.8, 4) is 0 Å². The lowest BCUT2D eigenvalue weighted by atomic mass is 9.76. The molecule has 0 fully saturated rings. The van der Waals surface area contributed by atoms with Crippen molar-refractivity contribution in [2.75, 3.05) is 13.1 Å². The van der Waals surface area contributed by atoms with Gasteiger partial charge in [0.1, 0.15) is 0 Å². The summed E-state index contributed by atoms with van der Waals surface area (Å²) in [6, 6.07) is 10.9. The van der Waals surface area contributed by atoms with Gasteiger partial charge in [-0.25, -0.2) is 0 Å². The van der Waals surface area contributed by atoms with Crippen LogP contribution < -0.4 is 5.73 Å². The second kappa shape index (κ2) is 8.35. The summed E-state index contributed by atoms with van der Waals surface area (Å²) in [6.07, 6.45) is 3.08. The number of benzene rings is 1. The van der Waals surface area contributed by atoms with Crippen LogP contribution in [-0.4, -0.2) is 24.0 Å². The Morgan fingerprint density at radius 1 is 1.19 bits per heavy atom. The van der Waals surface area contributed by atoms with Crippen molar-refractivity contribution in [1.82, 2.24) is 4.90 Å². The van der Waals surface area contributed by atoms with Crippen molar-refractivity contribution in [1.29, 1.82) is 0 Å². The van der Waals surface area contributed by atoms with Crippen LogP contribution in [0.2, 0.25) is 0 Å².